The van der Waals surface area contributed by atoms with Gasteiger partial charge in [0, 0.05) is 32.4 Å². The number of aliphatic carboxylic acids is 1. The molecule has 3 rings (SSSR count). The van der Waals surface area contributed by atoms with Crippen LogP contribution in [0, 0.1) is 0 Å². The molecule has 1 aromatic carbocycles. The summed E-state index contributed by atoms with van der Waals surface area (Å²) in [5, 5.41) is 13.0. The second-order valence-electron chi connectivity index (χ2n) is 6.32. The highest BCUT2D eigenvalue weighted by Gasteiger charge is 2.41. The van der Waals surface area contributed by atoms with E-state index in [4.69, 9.17) is 0 Å². The number of rotatable bonds is 6. The van der Waals surface area contributed by atoms with E-state index in [-0.39, 0.29) is 0 Å². The maximum Gasteiger partial charge on any atom is 0.324 e. The van der Waals surface area contributed by atoms with Gasteiger partial charge in [0.1, 0.15) is 5.54 Å². The number of carboxylic acids is 1. The molecule has 2 heterocycles. The Labute approximate surface area is 142 Å². The fraction of sp³-hybridized carbons (Fsp3) is 0.368. The van der Waals surface area contributed by atoms with Gasteiger partial charge in [-0.3, -0.25) is 20.0 Å². The monoisotopic (exact) mass is 325 g/mol. The lowest BCUT2D eigenvalue weighted by Gasteiger charge is -2.39. The number of likely N-dealkylation sites (tertiary alicyclic amines) is 1. The Morgan fingerprint density at radius 3 is 2.46 bits per heavy atom. The summed E-state index contributed by atoms with van der Waals surface area (Å²) in [5.41, 5.74) is 1.27. The molecule has 126 valence electrons. The third-order valence-corrected chi connectivity index (χ3v) is 4.70. The molecule has 0 saturated carbocycles. The summed E-state index contributed by atoms with van der Waals surface area (Å²) in [7, 11) is 0. The van der Waals surface area contributed by atoms with Crippen molar-refractivity contribution in [2.45, 2.75) is 31.5 Å². The molecule has 2 aromatic rings. The smallest absolute Gasteiger partial charge is 0.324 e. The molecule has 1 aliphatic rings. The number of aromatic nitrogens is 1. The van der Waals surface area contributed by atoms with Crippen LogP contribution in [0.5, 0.6) is 0 Å². The van der Waals surface area contributed by atoms with Crippen LogP contribution in [0.15, 0.2) is 54.7 Å². The molecule has 0 unspecified atom stereocenters. The molecule has 2 N–H and O–H groups in total. The molecule has 0 spiro atoms. The van der Waals surface area contributed by atoms with Gasteiger partial charge in [-0.05, 0) is 30.5 Å². The molecule has 0 amide bonds. The highest BCUT2D eigenvalue weighted by atomic mass is 16.4. The quantitative estimate of drug-likeness (QED) is 0.853. The lowest BCUT2D eigenvalue weighted by Crippen LogP contribution is -2.58. The highest BCUT2D eigenvalue weighted by Crippen LogP contribution is 2.24. The van der Waals surface area contributed by atoms with Crippen LogP contribution in [0.3, 0.4) is 0 Å². The largest absolute Gasteiger partial charge is 0.480 e. The number of piperidine rings is 1. The van der Waals surface area contributed by atoms with E-state index in [0.717, 1.165) is 25.3 Å². The standard InChI is InChI=1S/C19H23N3O2/c23-18(24)19(21-14-17-8-4-5-11-20-17)9-12-22(13-10-19)15-16-6-2-1-3-7-16/h1-8,11,21H,9-10,12-15H2,(H,23,24). The summed E-state index contributed by atoms with van der Waals surface area (Å²) in [6.45, 7) is 2.90. The zero-order valence-corrected chi connectivity index (χ0v) is 13.7. The fourth-order valence-electron chi connectivity index (χ4n) is 3.16. The molecule has 0 atom stereocenters. The highest BCUT2D eigenvalue weighted by molar-refractivity contribution is 5.79. The molecule has 0 bridgehead atoms. The number of carbonyl (C=O) groups is 1. The van der Waals surface area contributed by atoms with Crippen LogP contribution in [0.2, 0.25) is 0 Å². The number of pyridine rings is 1. The van der Waals surface area contributed by atoms with E-state index in [0.29, 0.717) is 19.4 Å². The van der Waals surface area contributed by atoms with Gasteiger partial charge in [-0.2, -0.15) is 0 Å². The first-order valence-electron chi connectivity index (χ1n) is 8.33. The third-order valence-electron chi connectivity index (χ3n) is 4.70. The zero-order chi connectivity index (χ0) is 16.8. The molecule has 0 radical (unpaired) electrons. The average Bonchev–Trinajstić information content (AvgIpc) is 2.63. The number of benzene rings is 1. The Morgan fingerprint density at radius 1 is 1.12 bits per heavy atom. The first-order chi connectivity index (χ1) is 11.7. The van der Waals surface area contributed by atoms with E-state index in [2.05, 4.69) is 27.3 Å². The predicted molar refractivity (Wildman–Crippen MR) is 92.4 cm³/mol. The number of nitrogens with one attached hydrogen (secondary N) is 1. The Morgan fingerprint density at radius 2 is 1.83 bits per heavy atom. The van der Waals surface area contributed by atoms with Gasteiger partial charge < -0.3 is 5.11 Å². The predicted octanol–water partition coefficient (Wildman–Crippen LogP) is 2.29. The fourth-order valence-corrected chi connectivity index (χ4v) is 3.16. The van der Waals surface area contributed by atoms with Crippen LogP contribution in [0.4, 0.5) is 0 Å². The van der Waals surface area contributed by atoms with E-state index >= 15 is 0 Å². The lowest BCUT2D eigenvalue weighted by molar-refractivity contribution is -0.147. The molecule has 24 heavy (non-hydrogen) atoms. The third kappa shape index (κ3) is 3.99. The molecule has 0 aliphatic carbocycles. The molecule has 5 nitrogen and oxygen atoms in total. The van der Waals surface area contributed by atoms with Crippen LogP contribution in [0.1, 0.15) is 24.1 Å². The number of hydrogen-bond donors (Lipinski definition) is 2. The van der Waals surface area contributed by atoms with Gasteiger partial charge in [-0.25, -0.2) is 0 Å². The minimum absolute atomic E-state index is 0.478. The first kappa shape index (κ1) is 16.6. The maximum atomic E-state index is 11.9. The minimum Gasteiger partial charge on any atom is -0.480 e. The Kier molecular flexibility index (Phi) is 5.23. The Hall–Kier alpha value is -2.24. The van der Waals surface area contributed by atoms with Crippen LogP contribution >= 0.6 is 0 Å². The summed E-state index contributed by atoms with van der Waals surface area (Å²) in [6, 6.07) is 16.0. The van der Waals surface area contributed by atoms with Crippen molar-refractivity contribution in [3.8, 4) is 0 Å². The number of carboxylic acid groups (broad SMARTS) is 1. The van der Waals surface area contributed by atoms with Gasteiger partial charge in [0.2, 0.25) is 0 Å². The molecule has 1 saturated heterocycles. The van der Waals surface area contributed by atoms with Gasteiger partial charge >= 0.3 is 5.97 Å². The molecule has 1 aromatic heterocycles. The van der Waals surface area contributed by atoms with Gasteiger partial charge in [-0.1, -0.05) is 36.4 Å². The van der Waals surface area contributed by atoms with Crippen molar-refractivity contribution < 1.29 is 9.90 Å². The topological polar surface area (TPSA) is 65.5 Å². The van der Waals surface area contributed by atoms with Gasteiger partial charge in [-0.15, -0.1) is 0 Å². The average molecular weight is 325 g/mol. The summed E-state index contributed by atoms with van der Waals surface area (Å²) in [6.07, 6.45) is 2.93. The van der Waals surface area contributed by atoms with Crippen molar-refractivity contribution in [3.05, 3.63) is 66.0 Å². The second-order valence-corrected chi connectivity index (χ2v) is 6.32. The molecule has 5 heteroatoms. The van der Waals surface area contributed by atoms with Gasteiger partial charge in [0.25, 0.3) is 0 Å². The van der Waals surface area contributed by atoms with Gasteiger partial charge in [0.05, 0.1) is 5.69 Å². The Bertz CT molecular complexity index is 653. The Balaban J connectivity index is 1.58. The molecule has 1 aliphatic heterocycles. The maximum absolute atomic E-state index is 11.9. The molecular formula is C19H23N3O2. The molecular weight excluding hydrogens is 302 g/mol. The zero-order valence-electron chi connectivity index (χ0n) is 13.7. The van der Waals surface area contributed by atoms with Crippen LogP contribution in [-0.4, -0.2) is 39.6 Å². The van der Waals surface area contributed by atoms with Crippen molar-refractivity contribution in [2.24, 2.45) is 0 Å². The minimum atomic E-state index is -0.856. The van der Waals surface area contributed by atoms with E-state index in [1.165, 1.54) is 5.56 Å². The number of hydrogen-bond acceptors (Lipinski definition) is 4. The van der Waals surface area contributed by atoms with Crippen molar-refractivity contribution in [2.75, 3.05) is 13.1 Å². The van der Waals surface area contributed by atoms with Crippen LogP contribution < -0.4 is 5.32 Å². The normalized spacial score (nSPS) is 17.5. The van der Waals surface area contributed by atoms with Crippen LogP contribution in [0.25, 0.3) is 0 Å². The van der Waals surface area contributed by atoms with Crippen molar-refractivity contribution in [3.63, 3.8) is 0 Å². The van der Waals surface area contributed by atoms with E-state index < -0.39 is 11.5 Å². The SMILES string of the molecule is O=C(O)C1(NCc2ccccn2)CCN(Cc2ccccc2)CC1. The summed E-state index contributed by atoms with van der Waals surface area (Å²) in [4.78, 5) is 18.4. The van der Waals surface area contributed by atoms with Gasteiger partial charge in [0.15, 0.2) is 0 Å². The van der Waals surface area contributed by atoms with E-state index in [1.54, 1.807) is 6.20 Å². The number of nitrogens with zero attached hydrogens (tertiary/aromatic N) is 2. The molecule has 1 fully saturated rings. The van der Waals surface area contributed by atoms with Crippen molar-refractivity contribution in [1.82, 2.24) is 15.2 Å². The summed E-state index contributed by atoms with van der Waals surface area (Å²) in [5.74, 6) is -0.766. The lowest BCUT2D eigenvalue weighted by atomic mass is 9.87. The van der Waals surface area contributed by atoms with Crippen LogP contribution in [-0.2, 0) is 17.9 Å². The van der Waals surface area contributed by atoms with E-state index in [9.17, 15) is 9.90 Å². The van der Waals surface area contributed by atoms with E-state index in [1.807, 2.05) is 36.4 Å². The second kappa shape index (κ2) is 7.55. The first-order valence-corrected chi connectivity index (χ1v) is 8.33. The van der Waals surface area contributed by atoms with Crippen molar-refractivity contribution >= 4 is 5.97 Å². The van der Waals surface area contributed by atoms with Crippen molar-refractivity contribution in [1.29, 1.82) is 0 Å². The summed E-state index contributed by atoms with van der Waals surface area (Å²) >= 11 is 0. The summed E-state index contributed by atoms with van der Waals surface area (Å²) < 4.78 is 0.